The summed E-state index contributed by atoms with van der Waals surface area (Å²) in [5.74, 6) is -0.250. The summed E-state index contributed by atoms with van der Waals surface area (Å²) in [5, 5.41) is 15.6. The SMILES string of the molecule is O=C1c2ccccc2C(=O)c2c1n[n+]([O-])n2CCCCCl. The monoisotopic (exact) mass is 305 g/mol. The molecule has 0 unspecified atom stereocenters. The number of ketones is 2. The van der Waals surface area contributed by atoms with E-state index in [1.165, 1.54) is 4.68 Å². The number of hydrogen-bond donors (Lipinski definition) is 0. The normalized spacial score (nSPS) is 13.2. The highest BCUT2D eigenvalue weighted by Gasteiger charge is 2.38. The van der Waals surface area contributed by atoms with Gasteiger partial charge >= 0.3 is 0 Å². The number of alkyl halides is 1. The second kappa shape index (κ2) is 5.29. The van der Waals surface area contributed by atoms with E-state index in [4.69, 9.17) is 11.6 Å². The van der Waals surface area contributed by atoms with Gasteiger partial charge in [-0.2, -0.15) is 0 Å². The van der Waals surface area contributed by atoms with Crippen LogP contribution in [0.25, 0.3) is 0 Å². The summed E-state index contributed by atoms with van der Waals surface area (Å²) in [7, 11) is 0. The van der Waals surface area contributed by atoms with Gasteiger partial charge in [0.15, 0.2) is 5.69 Å². The molecule has 7 heteroatoms. The molecule has 0 N–H and O–H groups in total. The maximum Gasteiger partial charge on any atom is 0.220 e. The molecule has 6 nitrogen and oxygen atoms in total. The first kappa shape index (κ1) is 13.8. The zero-order valence-electron chi connectivity index (χ0n) is 11.1. The van der Waals surface area contributed by atoms with Crippen molar-refractivity contribution >= 4 is 23.2 Å². The molecule has 0 saturated carbocycles. The number of benzene rings is 1. The van der Waals surface area contributed by atoms with Crippen LogP contribution in [0.15, 0.2) is 24.3 Å². The lowest BCUT2D eigenvalue weighted by Crippen LogP contribution is -2.41. The summed E-state index contributed by atoms with van der Waals surface area (Å²) in [6.07, 6.45) is 1.35. The molecule has 0 radical (unpaired) electrons. The fourth-order valence-corrected chi connectivity index (χ4v) is 2.65. The Morgan fingerprint density at radius 3 is 2.48 bits per heavy atom. The van der Waals surface area contributed by atoms with Crippen molar-refractivity contribution in [3.63, 3.8) is 0 Å². The standard InChI is InChI=1S/C14H12ClN3O3/c15-7-3-4-8-17-12-11(16-18(17)21)13(19)9-5-1-2-6-10(9)14(12)20/h1-2,5-6H,3-4,7-8H2. The van der Waals surface area contributed by atoms with E-state index in [0.717, 1.165) is 0 Å². The molecule has 0 bridgehead atoms. The smallest absolute Gasteiger partial charge is 0.220 e. The van der Waals surface area contributed by atoms with E-state index in [2.05, 4.69) is 5.10 Å². The lowest BCUT2D eigenvalue weighted by Gasteiger charge is -2.12. The molecule has 1 heterocycles. The number of hydrogen-bond acceptors (Lipinski definition) is 4. The molecule has 1 aromatic heterocycles. The van der Waals surface area contributed by atoms with Crippen molar-refractivity contribution in [2.45, 2.75) is 19.4 Å². The predicted molar refractivity (Wildman–Crippen MR) is 74.4 cm³/mol. The third kappa shape index (κ3) is 2.12. The molecule has 3 rings (SSSR count). The first-order valence-corrected chi connectivity index (χ1v) is 7.13. The summed E-state index contributed by atoms with van der Waals surface area (Å²) >= 11 is 5.61. The van der Waals surface area contributed by atoms with Crippen LogP contribution in [-0.4, -0.2) is 27.2 Å². The minimum atomic E-state index is -0.388. The topological polar surface area (TPSA) is 78.9 Å². The molecule has 0 amide bonds. The zero-order valence-corrected chi connectivity index (χ0v) is 11.8. The molecular weight excluding hydrogens is 294 g/mol. The third-order valence-corrected chi connectivity index (χ3v) is 3.74. The Kier molecular flexibility index (Phi) is 3.47. The molecule has 0 atom stereocenters. The van der Waals surface area contributed by atoms with Gasteiger partial charge in [-0.15, -0.1) is 16.3 Å². The van der Waals surface area contributed by atoms with E-state index < -0.39 is 0 Å². The van der Waals surface area contributed by atoms with Crippen LogP contribution in [0.1, 0.15) is 44.9 Å². The summed E-state index contributed by atoms with van der Waals surface area (Å²) in [4.78, 5) is 25.2. The molecule has 1 aromatic carbocycles. The predicted octanol–water partition coefficient (Wildman–Crippen LogP) is 1.31. The van der Waals surface area contributed by atoms with Crippen molar-refractivity contribution in [3.8, 4) is 0 Å². The molecule has 0 fully saturated rings. The Balaban J connectivity index is 2.08. The second-order valence-electron chi connectivity index (χ2n) is 4.77. The molecular formula is C14H12ClN3O3. The molecule has 1 aliphatic rings. The highest BCUT2D eigenvalue weighted by Crippen LogP contribution is 2.25. The van der Waals surface area contributed by atoms with E-state index in [0.29, 0.717) is 41.4 Å². The number of aromatic nitrogens is 3. The Morgan fingerprint density at radius 1 is 1.14 bits per heavy atom. The maximum absolute atomic E-state index is 12.5. The van der Waals surface area contributed by atoms with Crippen molar-refractivity contribution in [3.05, 3.63) is 52.0 Å². The van der Waals surface area contributed by atoms with Crippen molar-refractivity contribution in [1.82, 2.24) is 9.78 Å². The van der Waals surface area contributed by atoms with Crippen LogP contribution in [0.3, 0.4) is 0 Å². The minimum absolute atomic E-state index is 0.0698. The lowest BCUT2D eigenvalue weighted by molar-refractivity contribution is -0.749. The van der Waals surface area contributed by atoms with Gasteiger partial charge < -0.3 is 5.21 Å². The first-order chi connectivity index (χ1) is 10.1. The summed E-state index contributed by atoms with van der Waals surface area (Å²) in [6, 6.07) is 6.52. The first-order valence-electron chi connectivity index (χ1n) is 6.60. The van der Waals surface area contributed by atoms with E-state index >= 15 is 0 Å². The van der Waals surface area contributed by atoms with Crippen LogP contribution in [0.4, 0.5) is 0 Å². The highest BCUT2D eigenvalue weighted by molar-refractivity contribution is 6.26. The van der Waals surface area contributed by atoms with Gasteiger partial charge in [0.1, 0.15) is 0 Å². The summed E-state index contributed by atoms with van der Waals surface area (Å²) < 4.78 is 1.21. The van der Waals surface area contributed by atoms with Crippen molar-refractivity contribution in [1.29, 1.82) is 0 Å². The number of halogens is 1. The number of nitrogens with zero attached hydrogens (tertiary/aromatic N) is 3. The Bertz CT molecular complexity index is 739. The average Bonchev–Trinajstić information content (AvgIpc) is 2.83. The number of fused-ring (bicyclic) bond motifs is 2. The number of carbonyl (C=O) groups is 2. The molecule has 21 heavy (non-hydrogen) atoms. The highest BCUT2D eigenvalue weighted by atomic mass is 35.5. The fraction of sp³-hybridized carbons (Fsp3) is 0.286. The van der Waals surface area contributed by atoms with Crippen LogP contribution in [0, 0.1) is 5.21 Å². The van der Waals surface area contributed by atoms with Crippen molar-refractivity contribution in [2.24, 2.45) is 0 Å². The van der Waals surface area contributed by atoms with Gasteiger partial charge in [-0.3, -0.25) is 9.59 Å². The largest absolute Gasteiger partial charge is 0.571 e. The molecule has 108 valence electrons. The van der Waals surface area contributed by atoms with E-state index in [1.54, 1.807) is 24.3 Å². The molecule has 0 aliphatic heterocycles. The van der Waals surface area contributed by atoms with E-state index in [1.807, 2.05) is 0 Å². The van der Waals surface area contributed by atoms with Gasteiger partial charge in [0.05, 0.1) is 6.54 Å². The van der Waals surface area contributed by atoms with Gasteiger partial charge in [0, 0.05) is 27.1 Å². The Hall–Kier alpha value is -2.21. The van der Waals surface area contributed by atoms with Crippen LogP contribution >= 0.6 is 11.6 Å². The third-order valence-electron chi connectivity index (χ3n) is 3.47. The van der Waals surface area contributed by atoms with Crippen LogP contribution < -0.4 is 4.96 Å². The van der Waals surface area contributed by atoms with Gasteiger partial charge in [0.2, 0.25) is 17.3 Å². The molecule has 0 spiro atoms. The van der Waals surface area contributed by atoms with Crippen LogP contribution in [0.5, 0.6) is 0 Å². The number of rotatable bonds is 4. The van der Waals surface area contributed by atoms with E-state index in [-0.39, 0.29) is 23.0 Å². The fourth-order valence-electron chi connectivity index (χ4n) is 2.46. The maximum atomic E-state index is 12.5. The molecule has 1 aliphatic carbocycles. The van der Waals surface area contributed by atoms with Crippen molar-refractivity contribution < 1.29 is 14.5 Å². The number of unbranched alkanes of at least 4 members (excludes halogenated alkanes) is 1. The minimum Gasteiger partial charge on any atom is -0.571 e. The summed E-state index contributed by atoms with van der Waals surface area (Å²) in [6.45, 7) is 0.305. The second-order valence-corrected chi connectivity index (χ2v) is 5.15. The average molecular weight is 306 g/mol. The Labute approximate surface area is 125 Å². The lowest BCUT2D eigenvalue weighted by atomic mass is 9.90. The van der Waals surface area contributed by atoms with Crippen LogP contribution in [-0.2, 0) is 6.54 Å². The summed E-state index contributed by atoms with van der Waals surface area (Å²) in [5.41, 5.74) is 0.609. The zero-order chi connectivity index (χ0) is 15.0. The van der Waals surface area contributed by atoms with Gasteiger partial charge in [0.25, 0.3) is 0 Å². The van der Waals surface area contributed by atoms with E-state index in [9.17, 15) is 14.8 Å². The Morgan fingerprint density at radius 2 is 1.81 bits per heavy atom. The van der Waals surface area contributed by atoms with Gasteiger partial charge in [-0.1, -0.05) is 24.3 Å². The van der Waals surface area contributed by atoms with Gasteiger partial charge in [-0.05, 0) is 12.8 Å². The number of carbonyl (C=O) groups excluding carboxylic acids is 2. The molecule has 2 aromatic rings. The van der Waals surface area contributed by atoms with Gasteiger partial charge in [-0.25, -0.2) is 0 Å². The van der Waals surface area contributed by atoms with Crippen molar-refractivity contribution in [2.75, 3.05) is 5.88 Å². The van der Waals surface area contributed by atoms with Crippen LogP contribution in [0.2, 0.25) is 0 Å². The molecule has 0 saturated heterocycles. The quantitative estimate of drug-likeness (QED) is 0.315.